The molecule has 0 spiro atoms. The van der Waals surface area contributed by atoms with E-state index in [4.69, 9.17) is 4.74 Å². The van der Waals surface area contributed by atoms with Crippen LogP contribution in [0.5, 0.6) is 0 Å². The second-order valence-corrected chi connectivity index (χ2v) is 3.79. The number of carbonyl (C=O) groups excluding carboxylic acids is 2. The van der Waals surface area contributed by atoms with Crippen LogP contribution in [0.2, 0.25) is 0 Å². The van der Waals surface area contributed by atoms with Crippen molar-refractivity contribution in [1.29, 1.82) is 0 Å². The van der Waals surface area contributed by atoms with Gasteiger partial charge in [0.05, 0.1) is 18.9 Å². The van der Waals surface area contributed by atoms with Crippen LogP contribution in [0.3, 0.4) is 0 Å². The summed E-state index contributed by atoms with van der Waals surface area (Å²) in [5.74, 6) is -1.07. The van der Waals surface area contributed by atoms with Gasteiger partial charge in [-0.3, -0.25) is 10.2 Å². The molecule has 0 aliphatic heterocycles. The predicted molar refractivity (Wildman–Crippen MR) is 73.3 cm³/mol. The van der Waals surface area contributed by atoms with Crippen LogP contribution in [0.15, 0.2) is 36.6 Å². The molecule has 0 atom stereocenters. The highest BCUT2D eigenvalue weighted by Crippen LogP contribution is 2.04. The van der Waals surface area contributed by atoms with Gasteiger partial charge in [-0.1, -0.05) is 24.6 Å². The van der Waals surface area contributed by atoms with E-state index < -0.39 is 11.9 Å². The minimum absolute atomic E-state index is 0.394. The Morgan fingerprint density at radius 2 is 1.90 bits per heavy atom. The Bertz CT molecular complexity index is 469. The molecule has 6 heteroatoms. The van der Waals surface area contributed by atoms with Crippen LogP contribution in [0.1, 0.15) is 29.8 Å². The van der Waals surface area contributed by atoms with E-state index in [1.165, 1.54) is 6.26 Å². The van der Waals surface area contributed by atoms with Crippen molar-refractivity contribution in [1.82, 2.24) is 11.0 Å². The molecule has 0 aromatic heterocycles. The molecule has 108 valence electrons. The maximum Gasteiger partial charge on any atom is 0.354 e. The minimum Gasteiger partial charge on any atom is -0.501 e. The van der Waals surface area contributed by atoms with Crippen molar-refractivity contribution in [3.63, 3.8) is 0 Å². The van der Waals surface area contributed by atoms with Crippen LogP contribution in [0, 0.1) is 0 Å². The highest BCUT2D eigenvalue weighted by atomic mass is 16.7. The molecule has 0 heterocycles. The molecule has 1 aromatic carbocycles. The molecule has 0 saturated heterocycles. The molecular weight excluding hydrogens is 260 g/mol. The van der Waals surface area contributed by atoms with E-state index in [1.54, 1.807) is 19.1 Å². The van der Waals surface area contributed by atoms with Gasteiger partial charge in [-0.25, -0.2) is 4.79 Å². The highest BCUT2D eigenvalue weighted by Gasteiger charge is 2.05. The molecule has 0 radical (unpaired) electrons. The lowest BCUT2D eigenvalue weighted by atomic mass is 10.1. The van der Waals surface area contributed by atoms with Gasteiger partial charge in [0.25, 0.3) is 5.91 Å². The van der Waals surface area contributed by atoms with Gasteiger partial charge in [-0.2, -0.15) is 0 Å². The largest absolute Gasteiger partial charge is 0.501 e. The maximum absolute atomic E-state index is 11.7. The highest BCUT2D eigenvalue weighted by molar-refractivity contribution is 5.93. The molecule has 1 aromatic rings. The molecule has 2 N–H and O–H groups in total. The van der Waals surface area contributed by atoms with Crippen LogP contribution < -0.4 is 11.0 Å². The summed E-state index contributed by atoms with van der Waals surface area (Å²) < 4.78 is 4.83. The van der Waals surface area contributed by atoms with E-state index >= 15 is 0 Å². The monoisotopic (exact) mass is 278 g/mol. The first-order valence-electron chi connectivity index (χ1n) is 6.30. The maximum atomic E-state index is 11.7. The summed E-state index contributed by atoms with van der Waals surface area (Å²) in [7, 11) is 0. The Morgan fingerprint density at radius 1 is 1.20 bits per heavy atom. The number of rotatable bonds is 7. The Kier molecular flexibility index (Phi) is 6.84. The topological polar surface area (TPSA) is 76.7 Å². The molecule has 0 unspecified atom stereocenters. The van der Waals surface area contributed by atoms with Crippen molar-refractivity contribution in [2.75, 3.05) is 6.61 Å². The summed E-state index contributed by atoms with van der Waals surface area (Å²) in [6.45, 7) is 4.28. The standard InChI is InChI=1S/C14H18N2O4/c1-3-11-5-7-12(8-6-11)14(18)15-16-20-13(17)9-10-19-4-2/h5-10,16H,3-4H2,1-2H3,(H,15,18). The van der Waals surface area contributed by atoms with Crippen LogP contribution in [-0.4, -0.2) is 18.5 Å². The van der Waals surface area contributed by atoms with Gasteiger partial charge in [0, 0.05) is 5.56 Å². The lowest BCUT2D eigenvalue weighted by Gasteiger charge is -2.06. The van der Waals surface area contributed by atoms with E-state index in [9.17, 15) is 9.59 Å². The van der Waals surface area contributed by atoms with Crippen molar-refractivity contribution in [3.05, 3.63) is 47.7 Å². The lowest BCUT2D eigenvalue weighted by molar-refractivity contribution is -0.146. The number of hydrogen-bond donors (Lipinski definition) is 2. The van der Waals surface area contributed by atoms with Gasteiger partial charge in [-0.15, -0.1) is 0 Å². The van der Waals surface area contributed by atoms with Crippen LogP contribution in [0.4, 0.5) is 0 Å². The molecule has 1 amide bonds. The SMILES string of the molecule is CCOC=CC(=O)ONNC(=O)c1ccc(CC)cc1. The summed E-state index contributed by atoms with van der Waals surface area (Å²) >= 11 is 0. The number of aryl methyl sites for hydroxylation is 1. The van der Waals surface area contributed by atoms with E-state index in [2.05, 4.69) is 15.9 Å². The smallest absolute Gasteiger partial charge is 0.354 e. The zero-order valence-corrected chi connectivity index (χ0v) is 11.5. The third-order valence-electron chi connectivity index (χ3n) is 2.41. The molecule has 6 nitrogen and oxygen atoms in total. The molecule has 0 bridgehead atoms. The third-order valence-corrected chi connectivity index (χ3v) is 2.41. The number of ether oxygens (including phenoxy) is 1. The molecule has 1 rings (SSSR count). The number of hydrazine groups is 1. The zero-order valence-electron chi connectivity index (χ0n) is 11.5. The van der Waals surface area contributed by atoms with E-state index in [0.29, 0.717) is 12.2 Å². The molecule has 0 fully saturated rings. The predicted octanol–water partition coefficient (Wildman–Crippen LogP) is 1.49. The van der Waals surface area contributed by atoms with Crippen molar-refractivity contribution < 1.29 is 19.2 Å². The molecule has 0 saturated carbocycles. The number of carbonyl (C=O) groups is 2. The van der Waals surface area contributed by atoms with Crippen molar-refractivity contribution in [3.8, 4) is 0 Å². The normalized spacial score (nSPS) is 10.3. The van der Waals surface area contributed by atoms with Crippen molar-refractivity contribution >= 4 is 11.9 Å². The Labute approximate surface area is 117 Å². The first kappa shape index (κ1) is 15.7. The van der Waals surface area contributed by atoms with E-state index in [1.807, 2.05) is 19.1 Å². The third kappa shape index (κ3) is 5.53. The first-order chi connectivity index (χ1) is 9.67. The fourth-order valence-electron chi connectivity index (χ4n) is 1.32. The average Bonchev–Trinajstić information content (AvgIpc) is 2.47. The molecule has 0 aliphatic carbocycles. The zero-order chi connectivity index (χ0) is 14.8. The summed E-state index contributed by atoms with van der Waals surface area (Å²) in [6, 6.07) is 7.14. The Morgan fingerprint density at radius 3 is 2.50 bits per heavy atom. The van der Waals surface area contributed by atoms with Gasteiger partial charge in [0.15, 0.2) is 0 Å². The number of nitrogens with one attached hydrogen (secondary N) is 2. The minimum atomic E-state index is -0.680. The molecule has 20 heavy (non-hydrogen) atoms. The summed E-state index contributed by atoms with van der Waals surface area (Å²) in [5, 5.41) is 0. The van der Waals surface area contributed by atoms with Gasteiger partial charge in [0.1, 0.15) is 0 Å². The summed E-state index contributed by atoms with van der Waals surface area (Å²) in [5.41, 5.74) is 5.94. The van der Waals surface area contributed by atoms with Crippen LogP contribution >= 0.6 is 0 Å². The van der Waals surface area contributed by atoms with E-state index in [-0.39, 0.29) is 0 Å². The fourth-order valence-corrected chi connectivity index (χ4v) is 1.32. The molecule has 0 aliphatic rings. The van der Waals surface area contributed by atoms with Gasteiger partial charge < -0.3 is 9.57 Å². The lowest BCUT2D eigenvalue weighted by Crippen LogP contribution is -2.38. The van der Waals surface area contributed by atoms with Gasteiger partial charge >= 0.3 is 5.97 Å². The van der Waals surface area contributed by atoms with Crippen LogP contribution in [-0.2, 0) is 20.8 Å². The second-order valence-electron chi connectivity index (χ2n) is 3.79. The van der Waals surface area contributed by atoms with Gasteiger partial charge in [0.2, 0.25) is 0 Å². The Hall–Kier alpha value is -2.34. The second kappa shape index (κ2) is 8.71. The van der Waals surface area contributed by atoms with Crippen molar-refractivity contribution in [2.45, 2.75) is 20.3 Å². The van der Waals surface area contributed by atoms with Crippen molar-refractivity contribution in [2.24, 2.45) is 0 Å². The number of benzene rings is 1. The van der Waals surface area contributed by atoms with Crippen LogP contribution in [0.25, 0.3) is 0 Å². The van der Waals surface area contributed by atoms with E-state index in [0.717, 1.165) is 18.1 Å². The quantitative estimate of drug-likeness (QED) is 0.449. The fraction of sp³-hybridized carbons (Fsp3) is 0.286. The Balaban J connectivity index is 2.34. The summed E-state index contributed by atoms with van der Waals surface area (Å²) in [6.07, 6.45) is 3.22. The average molecular weight is 278 g/mol. The number of amides is 1. The van der Waals surface area contributed by atoms with Gasteiger partial charge in [-0.05, 0) is 31.0 Å². The first-order valence-corrected chi connectivity index (χ1v) is 6.30. The summed E-state index contributed by atoms with van der Waals surface area (Å²) in [4.78, 5) is 27.3. The molecular formula is C14H18N2O4. The number of hydrogen-bond acceptors (Lipinski definition) is 5.